The minimum atomic E-state index is -1.35. The van der Waals surface area contributed by atoms with E-state index in [4.69, 9.17) is 58.0 Å². The van der Waals surface area contributed by atoms with Gasteiger partial charge in [-0.3, -0.25) is 9.59 Å². The zero-order valence-electron chi connectivity index (χ0n) is 17.9. The highest BCUT2D eigenvalue weighted by Crippen LogP contribution is 2.65. The van der Waals surface area contributed by atoms with E-state index in [0.29, 0.717) is 27.0 Å². The minimum absolute atomic E-state index is 0.108. The van der Waals surface area contributed by atoms with Crippen LogP contribution in [-0.4, -0.2) is 23.2 Å². The lowest BCUT2D eigenvalue weighted by atomic mass is 10.1. The molecule has 0 aromatic heterocycles. The van der Waals surface area contributed by atoms with E-state index in [1.165, 1.54) is 30.3 Å². The molecule has 2 atom stereocenters. The van der Waals surface area contributed by atoms with Crippen LogP contribution in [0, 0.1) is 11.7 Å². The third-order valence-corrected chi connectivity index (χ3v) is 7.26. The molecule has 0 unspecified atom stereocenters. The monoisotopic (exact) mass is 573 g/mol. The topological polar surface area (TPSA) is 70.2 Å². The Morgan fingerprint density at radius 1 is 0.886 bits per heavy atom. The van der Waals surface area contributed by atoms with Crippen molar-refractivity contribution in [3.8, 4) is 0 Å². The van der Waals surface area contributed by atoms with Crippen LogP contribution in [0.25, 0.3) is 0 Å². The van der Waals surface area contributed by atoms with E-state index < -0.39 is 33.8 Å². The number of carbonyl (C=O) groups is 2. The van der Waals surface area contributed by atoms with Crippen molar-refractivity contribution in [1.29, 1.82) is 0 Å². The van der Waals surface area contributed by atoms with E-state index in [0.717, 1.165) is 0 Å². The first-order valence-electron chi connectivity index (χ1n) is 10.2. The van der Waals surface area contributed by atoms with Crippen molar-refractivity contribution in [2.75, 3.05) is 23.0 Å². The average Bonchev–Trinajstić information content (AvgIpc) is 3.37. The van der Waals surface area contributed by atoms with E-state index in [-0.39, 0.29) is 16.3 Å². The van der Waals surface area contributed by atoms with Crippen molar-refractivity contribution in [2.45, 2.75) is 10.3 Å². The number of hydrogen-bond acceptors (Lipinski definition) is 3. The lowest BCUT2D eigenvalue weighted by molar-refractivity contribution is -0.117. The van der Waals surface area contributed by atoms with Gasteiger partial charge in [0, 0.05) is 34.4 Å². The summed E-state index contributed by atoms with van der Waals surface area (Å²) in [6.07, 6.45) is 0. The summed E-state index contributed by atoms with van der Waals surface area (Å²) in [5.41, 5.74) is 1.65. The summed E-state index contributed by atoms with van der Waals surface area (Å²) in [5.74, 6) is -2.73. The van der Waals surface area contributed by atoms with E-state index >= 15 is 0 Å². The molecule has 0 heterocycles. The van der Waals surface area contributed by atoms with Crippen molar-refractivity contribution in [3.63, 3.8) is 0 Å². The highest BCUT2D eigenvalue weighted by molar-refractivity contribution is 6.53. The number of amides is 2. The third kappa shape index (κ3) is 5.47. The second kappa shape index (κ2) is 10.0. The first-order chi connectivity index (χ1) is 16.5. The Morgan fingerprint density at radius 3 is 2.17 bits per heavy atom. The molecule has 182 valence electrons. The minimum Gasteiger partial charge on any atom is -0.386 e. The van der Waals surface area contributed by atoms with Crippen molar-refractivity contribution in [1.82, 2.24) is 0 Å². The van der Waals surface area contributed by atoms with Crippen molar-refractivity contribution in [2.24, 2.45) is 5.92 Å². The second-order valence-corrected chi connectivity index (χ2v) is 10.6. The molecule has 3 N–H and O–H groups in total. The molecule has 0 radical (unpaired) electrons. The zero-order valence-corrected chi connectivity index (χ0v) is 21.7. The molecule has 35 heavy (non-hydrogen) atoms. The maximum Gasteiger partial charge on any atom is 0.257 e. The van der Waals surface area contributed by atoms with Gasteiger partial charge in [-0.25, -0.2) is 4.39 Å². The zero-order chi connectivity index (χ0) is 25.5. The molecule has 0 spiro atoms. The van der Waals surface area contributed by atoms with Crippen molar-refractivity contribution < 1.29 is 14.0 Å². The predicted octanol–water partition coefficient (Wildman–Crippen LogP) is 7.61. The number of anilines is 3. The fourth-order valence-electron chi connectivity index (χ4n) is 3.81. The van der Waals surface area contributed by atoms with Gasteiger partial charge < -0.3 is 16.0 Å². The van der Waals surface area contributed by atoms with Gasteiger partial charge in [0.1, 0.15) is 10.2 Å². The predicted molar refractivity (Wildman–Crippen MR) is 141 cm³/mol. The molecule has 1 aliphatic carbocycles. The van der Waals surface area contributed by atoms with Crippen LogP contribution in [0.1, 0.15) is 21.8 Å². The van der Waals surface area contributed by atoms with Gasteiger partial charge in [0.25, 0.3) is 5.91 Å². The first-order valence-corrected chi connectivity index (χ1v) is 12.1. The Balaban J connectivity index is 1.51. The summed E-state index contributed by atoms with van der Waals surface area (Å²) in [7, 11) is 1.56. The molecule has 1 aliphatic rings. The Morgan fingerprint density at radius 2 is 1.51 bits per heavy atom. The smallest absolute Gasteiger partial charge is 0.257 e. The number of halogens is 6. The van der Waals surface area contributed by atoms with Gasteiger partial charge in [0.05, 0.1) is 22.2 Å². The number of carbonyl (C=O) groups excluding carboxylic acids is 2. The van der Waals surface area contributed by atoms with Crippen LogP contribution < -0.4 is 16.0 Å². The molecule has 2 amide bonds. The largest absolute Gasteiger partial charge is 0.386 e. The fourth-order valence-corrected chi connectivity index (χ4v) is 5.39. The lowest BCUT2D eigenvalue weighted by Crippen LogP contribution is -2.18. The first kappa shape index (κ1) is 25.9. The number of alkyl halides is 2. The molecule has 1 saturated carbocycles. The fraction of sp³-hybridized carbons (Fsp3) is 0.167. The van der Waals surface area contributed by atoms with Gasteiger partial charge in [-0.05, 0) is 60.2 Å². The van der Waals surface area contributed by atoms with Crippen LogP contribution in [-0.2, 0) is 4.79 Å². The molecule has 0 bridgehead atoms. The van der Waals surface area contributed by atoms with Gasteiger partial charge in [-0.15, -0.1) is 23.2 Å². The van der Waals surface area contributed by atoms with E-state index in [1.54, 1.807) is 31.3 Å². The molecule has 4 rings (SSSR count). The normalized spacial score (nSPS) is 18.0. The van der Waals surface area contributed by atoms with Crippen LogP contribution in [0.2, 0.25) is 15.1 Å². The molecule has 0 saturated heterocycles. The maximum absolute atomic E-state index is 13.7. The number of hydrogen-bond donors (Lipinski definition) is 3. The van der Waals surface area contributed by atoms with Gasteiger partial charge in [-0.1, -0.05) is 34.8 Å². The second-order valence-electron chi connectivity index (χ2n) is 7.92. The van der Waals surface area contributed by atoms with Gasteiger partial charge in [-0.2, -0.15) is 0 Å². The van der Waals surface area contributed by atoms with E-state index in [2.05, 4.69) is 16.0 Å². The Labute approximate surface area is 225 Å². The summed E-state index contributed by atoms with van der Waals surface area (Å²) in [5, 5.41) is 9.06. The van der Waals surface area contributed by atoms with Crippen LogP contribution in [0.3, 0.4) is 0 Å². The molecule has 3 aromatic rings. The van der Waals surface area contributed by atoms with Gasteiger partial charge >= 0.3 is 0 Å². The van der Waals surface area contributed by atoms with Gasteiger partial charge in [0.15, 0.2) is 0 Å². The third-order valence-electron chi connectivity index (χ3n) is 5.55. The summed E-state index contributed by atoms with van der Waals surface area (Å²) >= 11 is 31.2. The quantitative estimate of drug-likeness (QED) is 0.265. The van der Waals surface area contributed by atoms with Crippen LogP contribution >= 0.6 is 58.0 Å². The summed E-state index contributed by atoms with van der Waals surface area (Å²) in [6, 6.07) is 13.4. The Kier molecular flexibility index (Phi) is 7.41. The highest BCUT2D eigenvalue weighted by atomic mass is 35.5. The van der Waals surface area contributed by atoms with E-state index in [1.807, 2.05) is 0 Å². The maximum atomic E-state index is 13.7. The average molecular weight is 576 g/mol. The molecule has 3 aromatic carbocycles. The number of rotatable bonds is 6. The molecule has 1 fully saturated rings. The summed E-state index contributed by atoms with van der Waals surface area (Å²) < 4.78 is 12.4. The van der Waals surface area contributed by atoms with Crippen LogP contribution in [0.15, 0.2) is 54.6 Å². The highest BCUT2D eigenvalue weighted by Gasteiger charge is 2.67. The summed E-state index contributed by atoms with van der Waals surface area (Å²) in [4.78, 5) is 25.8. The van der Waals surface area contributed by atoms with Crippen LogP contribution in [0.5, 0.6) is 0 Å². The van der Waals surface area contributed by atoms with Gasteiger partial charge in [0.2, 0.25) is 5.91 Å². The van der Waals surface area contributed by atoms with Crippen molar-refractivity contribution >= 4 is 86.9 Å². The molecule has 0 aliphatic heterocycles. The lowest BCUT2D eigenvalue weighted by Gasteiger charge is -2.11. The molecule has 5 nitrogen and oxygen atoms in total. The van der Waals surface area contributed by atoms with Crippen LogP contribution in [0.4, 0.5) is 21.5 Å². The SMILES string of the molecule is CNc1cc(NC(=O)c2cc(NC(=O)[C@H]3[C@H](c4cc(Cl)cc(Cl)c4)C3(Cl)Cl)ccc2Cl)ccc1F. The molecular formula is C24H17Cl5FN3O2. The number of benzene rings is 3. The Hall–Kier alpha value is -2.22. The van der Waals surface area contributed by atoms with E-state index in [9.17, 15) is 14.0 Å². The van der Waals surface area contributed by atoms with Crippen molar-refractivity contribution in [3.05, 3.63) is 86.6 Å². The molecular weight excluding hydrogens is 559 g/mol. The standard InChI is InChI=1S/C24H17Cl5FN3O2/c1-31-19-10-15(3-5-18(19)30)32-22(34)16-9-14(2-4-17(16)27)33-23(35)21-20(24(21,28)29)11-6-12(25)8-13(26)7-11/h2-10,20-21,31H,1H3,(H,32,34)(H,33,35)/t20-,21+/m0/s1. The Bertz CT molecular complexity index is 1310. The summed E-state index contributed by atoms with van der Waals surface area (Å²) in [6.45, 7) is 0. The molecule has 11 heteroatoms. The number of nitrogens with one attached hydrogen (secondary N) is 3.